The van der Waals surface area contributed by atoms with Crippen molar-refractivity contribution in [2.24, 2.45) is 0 Å². The number of hydrogen-bond donors (Lipinski definition) is 1. The summed E-state index contributed by atoms with van der Waals surface area (Å²) in [5, 5.41) is 10.4. The topological polar surface area (TPSA) is 49.2 Å². The molecule has 0 aliphatic heterocycles. The molecule has 2 rings (SSSR count). The van der Waals surface area contributed by atoms with Crippen molar-refractivity contribution in [3.8, 4) is 0 Å². The average Bonchev–Trinajstić information content (AvgIpc) is 2.90. The monoisotopic (exact) mass is 291 g/mol. The molecular weight excluding hydrogens is 270 g/mol. The molecule has 0 saturated heterocycles. The first-order valence-electron chi connectivity index (χ1n) is 6.82. The summed E-state index contributed by atoms with van der Waals surface area (Å²) in [7, 11) is 2.05. The highest BCUT2D eigenvalue weighted by Gasteiger charge is 2.15. The van der Waals surface area contributed by atoms with Gasteiger partial charge in [-0.15, -0.1) is 0 Å². The number of pyridine rings is 1. The van der Waals surface area contributed by atoms with Gasteiger partial charge in [0.2, 0.25) is 0 Å². The first-order chi connectivity index (χ1) is 9.61. The molecule has 0 spiro atoms. The number of thiazole rings is 1. The lowest BCUT2D eigenvalue weighted by Gasteiger charge is -2.15. The Labute approximate surface area is 124 Å². The fourth-order valence-corrected chi connectivity index (χ4v) is 3.08. The molecule has 2 aromatic heterocycles. The van der Waals surface area contributed by atoms with Gasteiger partial charge in [-0.3, -0.25) is 4.98 Å². The maximum absolute atomic E-state index is 9.42. The third kappa shape index (κ3) is 3.55. The number of hydrogen-bond acceptors (Lipinski definition) is 5. The SMILES string of the molecule is CC(C)c1nc(N(C)CCc2ccncc2)sc1CO. The van der Waals surface area contributed by atoms with Crippen LogP contribution in [0.25, 0.3) is 0 Å². The summed E-state index contributed by atoms with van der Waals surface area (Å²) in [4.78, 5) is 11.8. The molecule has 0 aromatic carbocycles. The lowest BCUT2D eigenvalue weighted by atomic mass is 10.1. The molecule has 0 fully saturated rings. The minimum atomic E-state index is 0.0728. The third-order valence-electron chi connectivity index (χ3n) is 3.22. The molecule has 20 heavy (non-hydrogen) atoms. The van der Waals surface area contributed by atoms with E-state index in [1.54, 1.807) is 11.3 Å². The molecule has 0 saturated carbocycles. The van der Waals surface area contributed by atoms with E-state index in [0.717, 1.165) is 28.7 Å². The van der Waals surface area contributed by atoms with Gasteiger partial charge in [0.05, 0.1) is 17.2 Å². The Morgan fingerprint density at radius 2 is 2.00 bits per heavy atom. The van der Waals surface area contributed by atoms with Crippen molar-refractivity contribution in [1.29, 1.82) is 0 Å². The van der Waals surface area contributed by atoms with Crippen molar-refractivity contribution >= 4 is 16.5 Å². The fourth-order valence-electron chi connectivity index (χ4n) is 2.02. The second-order valence-corrected chi connectivity index (χ2v) is 6.21. The zero-order valence-electron chi connectivity index (χ0n) is 12.2. The molecule has 0 amide bonds. The summed E-state index contributed by atoms with van der Waals surface area (Å²) in [5.74, 6) is 0.343. The highest BCUT2D eigenvalue weighted by Crippen LogP contribution is 2.30. The predicted molar refractivity (Wildman–Crippen MR) is 83.3 cm³/mol. The van der Waals surface area contributed by atoms with Crippen LogP contribution in [0.5, 0.6) is 0 Å². The molecule has 0 aliphatic carbocycles. The minimum absolute atomic E-state index is 0.0728. The van der Waals surface area contributed by atoms with Crippen molar-refractivity contribution in [2.75, 3.05) is 18.5 Å². The van der Waals surface area contributed by atoms with Crippen molar-refractivity contribution in [3.63, 3.8) is 0 Å². The zero-order chi connectivity index (χ0) is 14.5. The van der Waals surface area contributed by atoms with E-state index in [2.05, 4.69) is 28.7 Å². The van der Waals surface area contributed by atoms with E-state index in [-0.39, 0.29) is 6.61 Å². The summed E-state index contributed by atoms with van der Waals surface area (Å²) < 4.78 is 0. The van der Waals surface area contributed by atoms with Gasteiger partial charge < -0.3 is 10.0 Å². The van der Waals surface area contributed by atoms with Gasteiger partial charge in [-0.2, -0.15) is 0 Å². The Balaban J connectivity index is 2.04. The normalized spacial score (nSPS) is 11.1. The third-order valence-corrected chi connectivity index (χ3v) is 4.39. The van der Waals surface area contributed by atoms with Crippen molar-refractivity contribution in [2.45, 2.75) is 32.8 Å². The molecule has 0 atom stereocenters. The van der Waals surface area contributed by atoms with Gasteiger partial charge in [-0.25, -0.2) is 4.98 Å². The van der Waals surface area contributed by atoms with Gasteiger partial charge in [0, 0.05) is 26.0 Å². The van der Waals surface area contributed by atoms with Crippen LogP contribution in [0, 0.1) is 0 Å². The van der Waals surface area contributed by atoms with Crippen LogP contribution < -0.4 is 4.90 Å². The van der Waals surface area contributed by atoms with Gasteiger partial charge in [-0.1, -0.05) is 25.2 Å². The molecule has 5 heteroatoms. The highest BCUT2D eigenvalue weighted by molar-refractivity contribution is 7.15. The van der Waals surface area contributed by atoms with E-state index in [4.69, 9.17) is 0 Å². The molecule has 108 valence electrons. The largest absolute Gasteiger partial charge is 0.391 e. The van der Waals surface area contributed by atoms with Crippen LogP contribution in [0.3, 0.4) is 0 Å². The molecule has 0 radical (unpaired) electrons. The Kier molecular flexibility index (Phi) is 5.09. The van der Waals surface area contributed by atoms with E-state index in [9.17, 15) is 5.11 Å². The maximum atomic E-state index is 9.42. The van der Waals surface area contributed by atoms with Gasteiger partial charge in [0.25, 0.3) is 0 Å². The predicted octanol–water partition coefficient (Wildman–Crippen LogP) is 2.83. The van der Waals surface area contributed by atoms with E-state index >= 15 is 0 Å². The van der Waals surface area contributed by atoms with Gasteiger partial charge in [-0.05, 0) is 30.0 Å². The number of aliphatic hydroxyl groups is 1. The molecule has 0 bridgehead atoms. The Morgan fingerprint density at radius 3 is 2.55 bits per heavy atom. The van der Waals surface area contributed by atoms with Crippen molar-refractivity contribution in [1.82, 2.24) is 9.97 Å². The van der Waals surface area contributed by atoms with Crippen LogP contribution in [-0.2, 0) is 13.0 Å². The van der Waals surface area contributed by atoms with E-state index in [0.29, 0.717) is 5.92 Å². The quantitative estimate of drug-likeness (QED) is 0.889. The Bertz CT molecular complexity index is 539. The van der Waals surface area contributed by atoms with Crippen LogP contribution in [0.2, 0.25) is 0 Å². The molecule has 1 N–H and O–H groups in total. The standard InChI is InChI=1S/C15H21N3OS/c1-11(2)14-13(10-19)20-15(17-14)18(3)9-6-12-4-7-16-8-5-12/h4-5,7-8,11,19H,6,9-10H2,1-3H3. The molecule has 0 aliphatic rings. The first-order valence-corrected chi connectivity index (χ1v) is 7.64. The molecule has 4 nitrogen and oxygen atoms in total. The number of rotatable bonds is 6. The lowest BCUT2D eigenvalue weighted by molar-refractivity contribution is 0.283. The summed E-state index contributed by atoms with van der Waals surface area (Å²) in [6.45, 7) is 5.19. The number of likely N-dealkylation sites (N-methyl/N-ethyl adjacent to an activating group) is 1. The van der Waals surface area contributed by atoms with Crippen LogP contribution in [-0.4, -0.2) is 28.7 Å². The van der Waals surface area contributed by atoms with Crippen LogP contribution in [0.4, 0.5) is 5.13 Å². The number of anilines is 1. The lowest BCUT2D eigenvalue weighted by Crippen LogP contribution is -2.20. The summed E-state index contributed by atoms with van der Waals surface area (Å²) in [6.07, 6.45) is 4.60. The Hall–Kier alpha value is -1.46. The fraction of sp³-hybridized carbons (Fsp3) is 0.467. The number of aromatic nitrogens is 2. The zero-order valence-corrected chi connectivity index (χ0v) is 13.0. The average molecular weight is 291 g/mol. The summed E-state index contributed by atoms with van der Waals surface area (Å²) in [6, 6.07) is 4.07. The summed E-state index contributed by atoms with van der Waals surface area (Å²) in [5.41, 5.74) is 2.29. The first kappa shape index (κ1) is 14.9. The van der Waals surface area contributed by atoms with E-state index < -0.39 is 0 Å². The number of aliphatic hydroxyl groups excluding tert-OH is 1. The van der Waals surface area contributed by atoms with Gasteiger partial charge in [0.1, 0.15) is 0 Å². The van der Waals surface area contributed by atoms with E-state index in [1.807, 2.05) is 31.6 Å². The van der Waals surface area contributed by atoms with E-state index in [1.165, 1.54) is 5.56 Å². The Morgan fingerprint density at radius 1 is 1.30 bits per heavy atom. The highest BCUT2D eigenvalue weighted by atomic mass is 32.1. The van der Waals surface area contributed by atoms with Gasteiger partial charge >= 0.3 is 0 Å². The second kappa shape index (κ2) is 6.81. The van der Waals surface area contributed by atoms with Crippen LogP contribution >= 0.6 is 11.3 Å². The minimum Gasteiger partial charge on any atom is -0.391 e. The molecule has 2 aromatic rings. The van der Waals surface area contributed by atoms with Crippen LogP contribution in [0.15, 0.2) is 24.5 Å². The van der Waals surface area contributed by atoms with Gasteiger partial charge in [0.15, 0.2) is 5.13 Å². The maximum Gasteiger partial charge on any atom is 0.185 e. The second-order valence-electron chi connectivity index (χ2n) is 5.14. The molecule has 0 unspecified atom stereocenters. The summed E-state index contributed by atoms with van der Waals surface area (Å²) >= 11 is 1.58. The molecular formula is C15H21N3OS. The number of nitrogens with zero attached hydrogens (tertiary/aromatic N) is 3. The van der Waals surface area contributed by atoms with Crippen LogP contribution in [0.1, 0.15) is 35.9 Å². The van der Waals surface area contributed by atoms with Crippen molar-refractivity contribution < 1.29 is 5.11 Å². The molecule has 2 heterocycles. The smallest absolute Gasteiger partial charge is 0.185 e. The van der Waals surface area contributed by atoms with Crippen molar-refractivity contribution in [3.05, 3.63) is 40.7 Å².